The lowest BCUT2D eigenvalue weighted by atomic mass is 10.0. The second-order valence-corrected chi connectivity index (χ2v) is 6.16. The number of benzene rings is 1. The quantitative estimate of drug-likeness (QED) is 0.935. The first kappa shape index (κ1) is 16.6. The SMILES string of the molecule is Cc1noc(C)c1CCC(=O)N1CCNCC1c1cccc(F)c1. The Bertz CT molecular complexity index is 709. The van der Waals surface area contributed by atoms with E-state index in [9.17, 15) is 9.18 Å². The summed E-state index contributed by atoms with van der Waals surface area (Å²) < 4.78 is 18.7. The minimum Gasteiger partial charge on any atom is -0.361 e. The van der Waals surface area contributed by atoms with Crippen molar-refractivity contribution in [2.24, 2.45) is 0 Å². The molecule has 128 valence electrons. The predicted molar refractivity (Wildman–Crippen MR) is 88.0 cm³/mol. The summed E-state index contributed by atoms with van der Waals surface area (Å²) in [5, 5.41) is 7.21. The number of carbonyl (C=O) groups is 1. The van der Waals surface area contributed by atoms with Gasteiger partial charge in [0, 0.05) is 31.6 Å². The summed E-state index contributed by atoms with van der Waals surface area (Å²) in [5.41, 5.74) is 2.66. The van der Waals surface area contributed by atoms with Crippen LogP contribution in [-0.2, 0) is 11.2 Å². The van der Waals surface area contributed by atoms with E-state index in [0.717, 1.165) is 29.1 Å². The number of hydrogen-bond donors (Lipinski definition) is 1. The first-order chi connectivity index (χ1) is 11.6. The molecular weight excluding hydrogens is 309 g/mol. The number of amides is 1. The molecule has 0 spiro atoms. The van der Waals surface area contributed by atoms with Crippen molar-refractivity contribution >= 4 is 5.91 Å². The molecule has 2 heterocycles. The third-order valence-corrected chi connectivity index (χ3v) is 4.57. The van der Waals surface area contributed by atoms with Gasteiger partial charge < -0.3 is 14.7 Å². The number of hydrogen-bond acceptors (Lipinski definition) is 4. The van der Waals surface area contributed by atoms with Gasteiger partial charge >= 0.3 is 0 Å². The number of piperazine rings is 1. The molecule has 1 aliphatic rings. The van der Waals surface area contributed by atoms with Crippen molar-refractivity contribution in [3.05, 3.63) is 52.7 Å². The van der Waals surface area contributed by atoms with Gasteiger partial charge in [0.1, 0.15) is 11.6 Å². The highest BCUT2D eigenvalue weighted by Crippen LogP contribution is 2.24. The summed E-state index contributed by atoms with van der Waals surface area (Å²) in [4.78, 5) is 14.6. The molecule has 6 heteroatoms. The van der Waals surface area contributed by atoms with Crippen LogP contribution in [0.1, 0.15) is 35.0 Å². The van der Waals surface area contributed by atoms with Gasteiger partial charge in [0.05, 0.1) is 11.7 Å². The zero-order chi connectivity index (χ0) is 17.1. The molecule has 3 rings (SSSR count). The average Bonchev–Trinajstić information content (AvgIpc) is 2.91. The summed E-state index contributed by atoms with van der Waals surface area (Å²) in [5.74, 6) is 0.564. The minimum atomic E-state index is -0.277. The molecule has 0 aliphatic carbocycles. The zero-order valence-corrected chi connectivity index (χ0v) is 14.0. The molecule has 2 aromatic rings. The topological polar surface area (TPSA) is 58.4 Å². The molecule has 0 saturated carbocycles. The van der Waals surface area contributed by atoms with Crippen LogP contribution in [0.25, 0.3) is 0 Å². The lowest BCUT2D eigenvalue weighted by molar-refractivity contribution is -0.134. The Balaban J connectivity index is 1.72. The number of nitrogens with zero attached hydrogens (tertiary/aromatic N) is 2. The monoisotopic (exact) mass is 331 g/mol. The Kier molecular flexibility index (Phi) is 4.94. The summed E-state index contributed by atoms with van der Waals surface area (Å²) in [7, 11) is 0. The van der Waals surface area contributed by atoms with Gasteiger partial charge in [-0.1, -0.05) is 17.3 Å². The van der Waals surface area contributed by atoms with E-state index in [1.807, 2.05) is 24.8 Å². The van der Waals surface area contributed by atoms with Gasteiger partial charge in [-0.3, -0.25) is 4.79 Å². The van der Waals surface area contributed by atoms with Crippen LogP contribution in [0.5, 0.6) is 0 Å². The minimum absolute atomic E-state index is 0.0748. The maximum atomic E-state index is 13.5. The molecule has 24 heavy (non-hydrogen) atoms. The fourth-order valence-electron chi connectivity index (χ4n) is 3.25. The Hall–Kier alpha value is -2.21. The predicted octanol–water partition coefficient (Wildman–Crippen LogP) is 2.54. The summed E-state index contributed by atoms with van der Waals surface area (Å²) in [6.07, 6.45) is 1.01. The number of halogens is 1. The van der Waals surface area contributed by atoms with E-state index in [-0.39, 0.29) is 17.8 Å². The van der Waals surface area contributed by atoms with Crippen LogP contribution >= 0.6 is 0 Å². The highest BCUT2D eigenvalue weighted by Gasteiger charge is 2.28. The Morgan fingerprint density at radius 3 is 3.00 bits per heavy atom. The first-order valence-electron chi connectivity index (χ1n) is 8.23. The van der Waals surface area contributed by atoms with Gasteiger partial charge in [0.2, 0.25) is 5.91 Å². The van der Waals surface area contributed by atoms with Gasteiger partial charge in [-0.15, -0.1) is 0 Å². The van der Waals surface area contributed by atoms with Gasteiger partial charge in [0.25, 0.3) is 0 Å². The van der Waals surface area contributed by atoms with Crippen molar-refractivity contribution in [1.29, 1.82) is 0 Å². The molecule has 1 aliphatic heterocycles. The van der Waals surface area contributed by atoms with Crippen molar-refractivity contribution in [3.8, 4) is 0 Å². The van der Waals surface area contributed by atoms with Gasteiger partial charge in [-0.25, -0.2) is 4.39 Å². The number of aryl methyl sites for hydroxylation is 2. The van der Waals surface area contributed by atoms with Crippen LogP contribution in [0.4, 0.5) is 4.39 Å². The fourth-order valence-corrected chi connectivity index (χ4v) is 3.25. The third kappa shape index (κ3) is 3.48. The van der Waals surface area contributed by atoms with E-state index in [1.165, 1.54) is 12.1 Å². The average molecular weight is 331 g/mol. The lowest BCUT2D eigenvalue weighted by Crippen LogP contribution is -2.48. The van der Waals surface area contributed by atoms with Crippen molar-refractivity contribution in [3.63, 3.8) is 0 Å². The van der Waals surface area contributed by atoms with E-state index >= 15 is 0 Å². The maximum Gasteiger partial charge on any atom is 0.223 e. The summed E-state index contributed by atoms with van der Waals surface area (Å²) in [6, 6.07) is 6.35. The summed E-state index contributed by atoms with van der Waals surface area (Å²) >= 11 is 0. The van der Waals surface area contributed by atoms with E-state index in [0.29, 0.717) is 25.9 Å². The van der Waals surface area contributed by atoms with Gasteiger partial charge in [0.15, 0.2) is 0 Å². The molecule has 1 saturated heterocycles. The number of aromatic nitrogens is 1. The van der Waals surface area contributed by atoms with E-state index in [2.05, 4.69) is 10.5 Å². The van der Waals surface area contributed by atoms with Crippen LogP contribution in [-0.4, -0.2) is 35.6 Å². The highest BCUT2D eigenvalue weighted by molar-refractivity contribution is 5.77. The molecule has 1 amide bonds. The molecular formula is C18H22FN3O2. The number of nitrogens with one attached hydrogen (secondary N) is 1. The van der Waals surface area contributed by atoms with Crippen LogP contribution in [0.3, 0.4) is 0 Å². The smallest absolute Gasteiger partial charge is 0.223 e. The fraction of sp³-hybridized carbons (Fsp3) is 0.444. The Labute approximate surface area is 140 Å². The van der Waals surface area contributed by atoms with Crippen LogP contribution < -0.4 is 5.32 Å². The molecule has 1 fully saturated rings. The molecule has 1 N–H and O–H groups in total. The number of rotatable bonds is 4. The molecule has 1 unspecified atom stereocenters. The van der Waals surface area contributed by atoms with E-state index in [4.69, 9.17) is 4.52 Å². The zero-order valence-electron chi connectivity index (χ0n) is 14.0. The van der Waals surface area contributed by atoms with Crippen LogP contribution in [0, 0.1) is 19.7 Å². The highest BCUT2D eigenvalue weighted by atomic mass is 19.1. The molecule has 0 radical (unpaired) electrons. The van der Waals surface area contributed by atoms with Crippen LogP contribution in [0.15, 0.2) is 28.8 Å². The second kappa shape index (κ2) is 7.13. The van der Waals surface area contributed by atoms with Gasteiger partial charge in [-0.2, -0.15) is 0 Å². The van der Waals surface area contributed by atoms with Gasteiger partial charge in [-0.05, 0) is 38.0 Å². The van der Waals surface area contributed by atoms with Crippen molar-refractivity contribution in [1.82, 2.24) is 15.4 Å². The normalized spacial score (nSPS) is 18.0. The molecule has 1 atom stereocenters. The standard InChI is InChI=1S/C18H22FN3O2/c1-12-16(13(2)24-21-12)6-7-18(23)22-9-8-20-11-17(22)14-4-3-5-15(19)10-14/h3-5,10,17,20H,6-9,11H2,1-2H3. The molecule has 1 aromatic carbocycles. The first-order valence-corrected chi connectivity index (χ1v) is 8.23. The van der Waals surface area contributed by atoms with E-state index < -0.39 is 0 Å². The lowest BCUT2D eigenvalue weighted by Gasteiger charge is -2.36. The molecule has 0 bridgehead atoms. The Morgan fingerprint density at radius 1 is 1.46 bits per heavy atom. The molecule has 5 nitrogen and oxygen atoms in total. The maximum absolute atomic E-state index is 13.5. The van der Waals surface area contributed by atoms with Crippen molar-refractivity contribution in [2.45, 2.75) is 32.7 Å². The van der Waals surface area contributed by atoms with E-state index in [1.54, 1.807) is 6.07 Å². The van der Waals surface area contributed by atoms with Crippen LogP contribution in [0.2, 0.25) is 0 Å². The van der Waals surface area contributed by atoms with Crippen molar-refractivity contribution in [2.75, 3.05) is 19.6 Å². The second-order valence-electron chi connectivity index (χ2n) is 6.16. The third-order valence-electron chi connectivity index (χ3n) is 4.57. The largest absolute Gasteiger partial charge is 0.361 e. The Morgan fingerprint density at radius 2 is 2.29 bits per heavy atom. The number of carbonyl (C=O) groups excluding carboxylic acids is 1. The molecule has 1 aromatic heterocycles. The van der Waals surface area contributed by atoms with Crippen molar-refractivity contribution < 1.29 is 13.7 Å². The summed E-state index contributed by atoms with van der Waals surface area (Å²) in [6.45, 7) is 5.77.